The molecule has 1 fully saturated rings. The van der Waals surface area contributed by atoms with Gasteiger partial charge in [-0.15, -0.1) is 0 Å². The Bertz CT molecular complexity index is 703. The zero-order valence-electron chi connectivity index (χ0n) is 14.5. The molecule has 1 unspecified atom stereocenters. The first-order valence-electron chi connectivity index (χ1n) is 8.81. The molecule has 1 heterocycles. The average Bonchev–Trinajstić information content (AvgIpc) is 3.30. The van der Waals surface area contributed by atoms with Gasteiger partial charge in [0.25, 0.3) is 5.91 Å². The largest absolute Gasteiger partial charge is 0.459 e. The standard InChI is InChI=1S/C20H24N2O3/c1-14-6-8-15(9-7-14)19(16-10-11-16)22-18(23)5-2-12-21-20(24)17-4-3-13-25-17/h3-4,6-9,13,16,19H,2,5,10-12H2,1H3,(H,21,24)(H,22,23). The van der Waals surface area contributed by atoms with Crippen LogP contribution in [0.15, 0.2) is 47.1 Å². The maximum absolute atomic E-state index is 12.3. The fourth-order valence-corrected chi connectivity index (χ4v) is 2.87. The number of carbonyl (C=O) groups is 2. The van der Waals surface area contributed by atoms with E-state index in [1.165, 1.54) is 17.4 Å². The van der Waals surface area contributed by atoms with Crippen molar-refractivity contribution in [3.05, 3.63) is 59.5 Å². The highest BCUT2D eigenvalue weighted by Gasteiger charge is 2.33. The molecule has 1 atom stereocenters. The maximum atomic E-state index is 12.3. The summed E-state index contributed by atoms with van der Waals surface area (Å²) in [7, 11) is 0. The first-order chi connectivity index (χ1) is 12.1. The molecule has 132 valence electrons. The highest BCUT2D eigenvalue weighted by molar-refractivity contribution is 5.91. The van der Waals surface area contributed by atoms with Crippen LogP contribution < -0.4 is 10.6 Å². The number of nitrogens with one attached hydrogen (secondary N) is 2. The van der Waals surface area contributed by atoms with Gasteiger partial charge in [-0.1, -0.05) is 29.8 Å². The van der Waals surface area contributed by atoms with Crippen molar-refractivity contribution in [1.29, 1.82) is 0 Å². The molecular formula is C20H24N2O3. The van der Waals surface area contributed by atoms with E-state index in [1.54, 1.807) is 12.1 Å². The third-order valence-electron chi connectivity index (χ3n) is 4.46. The molecule has 5 heteroatoms. The molecular weight excluding hydrogens is 316 g/mol. The second-order valence-corrected chi connectivity index (χ2v) is 6.63. The molecule has 2 aromatic rings. The molecule has 5 nitrogen and oxygen atoms in total. The van der Waals surface area contributed by atoms with Gasteiger partial charge in [-0.25, -0.2) is 0 Å². The van der Waals surface area contributed by atoms with E-state index in [0.717, 1.165) is 12.8 Å². The Morgan fingerprint density at radius 2 is 1.96 bits per heavy atom. The molecule has 2 N–H and O–H groups in total. The van der Waals surface area contributed by atoms with Gasteiger partial charge in [0.15, 0.2) is 5.76 Å². The van der Waals surface area contributed by atoms with Crippen LogP contribution in [0, 0.1) is 12.8 Å². The highest BCUT2D eigenvalue weighted by Crippen LogP contribution is 2.41. The van der Waals surface area contributed by atoms with Crippen LogP contribution >= 0.6 is 0 Å². The van der Waals surface area contributed by atoms with Crippen LogP contribution in [-0.4, -0.2) is 18.4 Å². The van der Waals surface area contributed by atoms with Gasteiger partial charge in [0.1, 0.15) is 0 Å². The molecule has 0 saturated heterocycles. The number of hydrogen-bond donors (Lipinski definition) is 2. The van der Waals surface area contributed by atoms with Gasteiger partial charge in [-0.05, 0) is 49.8 Å². The minimum Gasteiger partial charge on any atom is -0.459 e. The smallest absolute Gasteiger partial charge is 0.286 e. The van der Waals surface area contributed by atoms with Crippen LogP contribution in [0.5, 0.6) is 0 Å². The monoisotopic (exact) mass is 340 g/mol. The molecule has 3 rings (SSSR count). The highest BCUT2D eigenvalue weighted by atomic mass is 16.3. The lowest BCUT2D eigenvalue weighted by atomic mass is 10.0. The zero-order valence-corrected chi connectivity index (χ0v) is 14.5. The molecule has 0 spiro atoms. The topological polar surface area (TPSA) is 71.3 Å². The number of aryl methyl sites for hydroxylation is 1. The second-order valence-electron chi connectivity index (χ2n) is 6.63. The van der Waals surface area contributed by atoms with Crippen LogP contribution in [0.25, 0.3) is 0 Å². The van der Waals surface area contributed by atoms with Crippen molar-refractivity contribution >= 4 is 11.8 Å². The Morgan fingerprint density at radius 3 is 2.60 bits per heavy atom. The molecule has 1 saturated carbocycles. The second kappa shape index (κ2) is 8.01. The summed E-state index contributed by atoms with van der Waals surface area (Å²) in [5.41, 5.74) is 2.39. The summed E-state index contributed by atoms with van der Waals surface area (Å²) in [6.07, 6.45) is 4.79. The lowest BCUT2D eigenvalue weighted by Crippen LogP contribution is -2.31. The van der Waals surface area contributed by atoms with Crippen LogP contribution in [0.1, 0.15) is 53.4 Å². The van der Waals surface area contributed by atoms with Crippen molar-refractivity contribution < 1.29 is 14.0 Å². The van der Waals surface area contributed by atoms with Crippen molar-refractivity contribution in [2.45, 2.75) is 38.6 Å². The van der Waals surface area contributed by atoms with Crippen molar-refractivity contribution in [3.8, 4) is 0 Å². The minimum atomic E-state index is -0.249. The van der Waals surface area contributed by atoms with E-state index in [0.29, 0.717) is 25.3 Å². The fraction of sp³-hybridized carbons (Fsp3) is 0.400. The predicted molar refractivity (Wildman–Crippen MR) is 95.1 cm³/mol. The van der Waals surface area contributed by atoms with Gasteiger partial charge in [0.05, 0.1) is 12.3 Å². The lowest BCUT2D eigenvalue weighted by Gasteiger charge is -2.19. The van der Waals surface area contributed by atoms with Crippen molar-refractivity contribution in [2.24, 2.45) is 5.92 Å². The summed E-state index contributed by atoms with van der Waals surface area (Å²) in [5.74, 6) is 0.619. The number of amides is 2. The van der Waals surface area contributed by atoms with E-state index in [2.05, 4.69) is 41.8 Å². The Morgan fingerprint density at radius 1 is 1.20 bits per heavy atom. The van der Waals surface area contributed by atoms with Gasteiger partial charge < -0.3 is 15.1 Å². The van der Waals surface area contributed by atoms with E-state index in [-0.39, 0.29) is 23.6 Å². The number of hydrogen-bond acceptors (Lipinski definition) is 3. The molecule has 2 amide bonds. The Balaban J connectivity index is 1.43. The van der Waals surface area contributed by atoms with Crippen molar-refractivity contribution in [3.63, 3.8) is 0 Å². The zero-order chi connectivity index (χ0) is 17.6. The van der Waals surface area contributed by atoms with E-state index in [1.807, 2.05) is 0 Å². The SMILES string of the molecule is Cc1ccc(C(NC(=O)CCCNC(=O)c2ccco2)C2CC2)cc1. The molecule has 0 bridgehead atoms. The normalized spacial score (nSPS) is 14.8. The van der Waals surface area contributed by atoms with E-state index in [9.17, 15) is 9.59 Å². The molecule has 1 aromatic carbocycles. The van der Waals surface area contributed by atoms with Crippen molar-refractivity contribution in [2.75, 3.05) is 6.54 Å². The first-order valence-corrected chi connectivity index (χ1v) is 8.81. The summed E-state index contributed by atoms with van der Waals surface area (Å²) in [4.78, 5) is 24.0. The van der Waals surface area contributed by atoms with E-state index >= 15 is 0 Å². The van der Waals surface area contributed by atoms with Crippen LogP contribution in [0.3, 0.4) is 0 Å². The number of carbonyl (C=O) groups excluding carboxylic acids is 2. The Hall–Kier alpha value is -2.56. The lowest BCUT2D eigenvalue weighted by molar-refractivity contribution is -0.122. The van der Waals surface area contributed by atoms with Gasteiger partial charge in [-0.3, -0.25) is 9.59 Å². The molecule has 1 aliphatic carbocycles. The quantitative estimate of drug-likeness (QED) is 0.724. The van der Waals surface area contributed by atoms with Gasteiger partial charge in [0.2, 0.25) is 5.91 Å². The average molecular weight is 340 g/mol. The Kier molecular flexibility index (Phi) is 5.53. The first kappa shape index (κ1) is 17.3. The van der Waals surface area contributed by atoms with Crippen molar-refractivity contribution in [1.82, 2.24) is 10.6 Å². The van der Waals surface area contributed by atoms with Crippen LogP contribution in [0.4, 0.5) is 0 Å². The van der Waals surface area contributed by atoms with Crippen LogP contribution in [0.2, 0.25) is 0 Å². The fourth-order valence-electron chi connectivity index (χ4n) is 2.87. The van der Waals surface area contributed by atoms with Crippen LogP contribution in [-0.2, 0) is 4.79 Å². The maximum Gasteiger partial charge on any atom is 0.286 e. The summed E-state index contributed by atoms with van der Waals surface area (Å²) in [6, 6.07) is 11.8. The molecule has 0 radical (unpaired) electrons. The minimum absolute atomic E-state index is 0.0322. The van der Waals surface area contributed by atoms with Gasteiger partial charge >= 0.3 is 0 Å². The molecule has 1 aromatic heterocycles. The third-order valence-corrected chi connectivity index (χ3v) is 4.46. The molecule has 0 aliphatic heterocycles. The van der Waals surface area contributed by atoms with Gasteiger partial charge in [0, 0.05) is 13.0 Å². The summed E-state index contributed by atoms with van der Waals surface area (Å²) in [5, 5.41) is 5.91. The molecule has 1 aliphatic rings. The summed E-state index contributed by atoms with van der Waals surface area (Å²) in [6.45, 7) is 2.51. The van der Waals surface area contributed by atoms with E-state index < -0.39 is 0 Å². The predicted octanol–water partition coefficient (Wildman–Crippen LogP) is 3.37. The Labute approximate surface area is 147 Å². The third kappa shape index (κ3) is 4.95. The number of furan rings is 1. The van der Waals surface area contributed by atoms with Gasteiger partial charge in [-0.2, -0.15) is 0 Å². The summed E-state index contributed by atoms with van der Waals surface area (Å²) < 4.78 is 5.03. The number of rotatable bonds is 8. The number of benzene rings is 1. The summed E-state index contributed by atoms with van der Waals surface area (Å²) >= 11 is 0. The van der Waals surface area contributed by atoms with E-state index in [4.69, 9.17) is 4.42 Å². The molecule has 25 heavy (non-hydrogen) atoms.